The Morgan fingerprint density at radius 3 is 2.67 bits per heavy atom. The van der Waals surface area contributed by atoms with Crippen molar-refractivity contribution >= 4 is 0 Å². The van der Waals surface area contributed by atoms with Gasteiger partial charge in [0.1, 0.15) is 0 Å². The molecule has 8 atom stereocenters. The molecule has 136 valence electrons. The van der Waals surface area contributed by atoms with Crippen molar-refractivity contribution in [3.63, 3.8) is 0 Å². The molecule has 2 N–H and O–H groups in total. The van der Waals surface area contributed by atoms with Crippen molar-refractivity contribution in [1.29, 1.82) is 0 Å². The fraction of sp³-hybridized carbons (Fsp3) is 1.00. The Labute approximate surface area is 146 Å². The zero-order chi connectivity index (χ0) is 16.7. The van der Waals surface area contributed by atoms with Crippen LogP contribution in [0.1, 0.15) is 58.8 Å². The van der Waals surface area contributed by atoms with Crippen LogP contribution in [0.25, 0.3) is 0 Å². The second kappa shape index (κ2) is 4.98. The van der Waals surface area contributed by atoms with Crippen molar-refractivity contribution in [3.05, 3.63) is 0 Å². The minimum atomic E-state index is -0.0574. The van der Waals surface area contributed by atoms with Crippen LogP contribution in [0.2, 0.25) is 0 Å². The second-order valence-corrected chi connectivity index (χ2v) is 10.6. The fourth-order valence-electron chi connectivity index (χ4n) is 9.09. The zero-order valence-electron chi connectivity index (χ0n) is 15.5. The number of β-amino-alcohol motifs (C(OH)–C–C–N with tert-alkyl or cyclic N) is 1. The number of aliphatic hydroxyl groups is 2. The number of hydrogen-bond acceptors (Lipinski definition) is 3. The van der Waals surface area contributed by atoms with Crippen LogP contribution in [0.4, 0.5) is 0 Å². The second-order valence-electron chi connectivity index (χ2n) is 10.6. The molecule has 4 bridgehead atoms. The quantitative estimate of drug-likeness (QED) is 0.817. The van der Waals surface area contributed by atoms with E-state index in [1.54, 1.807) is 0 Å². The maximum atomic E-state index is 11.1. The normalized spacial score (nSPS) is 59.2. The van der Waals surface area contributed by atoms with Crippen LogP contribution in [-0.2, 0) is 0 Å². The lowest BCUT2D eigenvalue weighted by molar-refractivity contribution is -0.215. The lowest BCUT2D eigenvalue weighted by Crippen LogP contribution is -2.68. The van der Waals surface area contributed by atoms with Gasteiger partial charge in [-0.3, -0.25) is 4.90 Å². The number of rotatable bonds is 2. The molecule has 4 saturated carbocycles. The standard InChI is InChI=1S/C21H35NO2/c1-14-15-10-17-20(11-15,18(14)24)7-4-16-19(2)5-3-6-21(16,17)13-22(12-19)8-9-23/h14-18,23-24H,3-13H2,1-2H3/t14-,15-,16+,17+,18-,19+,20-,21+/m1/s1. The first-order chi connectivity index (χ1) is 11.5. The first-order valence-corrected chi connectivity index (χ1v) is 10.5. The lowest BCUT2D eigenvalue weighted by Gasteiger charge is -2.69. The van der Waals surface area contributed by atoms with Gasteiger partial charge in [-0.2, -0.15) is 0 Å². The molecule has 0 amide bonds. The van der Waals surface area contributed by atoms with Gasteiger partial charge < -0.3 is 10.2 Å². The highest BCUT2D eigenvalue weighted by molar-refractivity contribution is 5.21. The molecule has 5 aliphatic rings. The summed E-state index contributed by atoms with van der Waals surface area (Å²) in [4.78, 5) is 2.58. The molecular formula is C21H35NO2. The van der Waals surface area contributed by atoms with E-state index in [9.17, 15) is 10.2 Å². The Balaban J connectivity index is 1.57. The molecule has 1 aliphatic heterocycles. The van der Waals surface area contributed by atoms with E-state index in [0.29, 0.717) is 16.7 Å². The van der Waals surface area contributed by atoms with Gasteiger partial charge in [0, 0.05) is 25.0 Å². The van der Waals surface area contributed by atoms with Crippen molar-refractivity contribution in [2.75, 3.05) is 26.2 Å². The highest BCUT2D eigenvalue weighted by Gasteiger charge is 2.72. The summed E-state index contributed by atoms with van der Waals surface area (Å²) in [5.74, 6) is 2.87. The van der Waals surface area contributed by atoms with E-state index in [4.69, 9.17) is 0 Å². The summed E-state index contributed by atoms with van der Waals surface area (Å²) in [6.45, 7) is 8.34. The van der Waals surface area contributed by atoms with Gasteiger partial charge in [0.25, 0.3) is 0 Å². The molecule has 5 fully saturated rings. The molecule has 1 spiro atoms. The maximum absolute atomic E-state index is 11.1. The molecule has 0 unspecified atom stereocenters. The van der Waals surface area contributed by atoms with Gasteiger partial charge >= 0.3 is 0 Å². The summed E-state index contributed by atoms with van der Waals surface area (Å²) in [5.41, 5.74) is 1.10. The average molecular weight is 334 g/mol. The van der Waals surface area contributed by atoms with Gasteiger partial charge in [0.05, 0.1) is 12.7 Å². The Kier molecular flexibility index (Phi) is 3.34. The Bertz CT molecular complexity index is 538. The molecular weight excluding hydrogens is 298 g/mol. The molecule has 0 aromatic rings. The van der Waals surface area contributed by atoms with E-state index in [1.807, 2.05) is 0 Å². The van der Waals surface area contributed by atoms with Gasteiger partial charge in [-0.1, -0.05) is 20.3 Å². The summed E-state index contributed by atoms with van der Waals surface area (Å²) < 4.78 is 0. The third kappa shape index (κ3) is 1.75. The van der Waals surface area contributed by atoms with E-state index >= 15 is 0 Å². The van der Waals surface area contributed by atoms with Crippen molar-refractivity contribution in [1.82, 2.24) is 4.90 Å². The van der Waals surface area contributed by atoms with Crippen molar-refractivity contribution in [2.45, 2.75) is 64.9 Å². The summed E-state index contributed by atoms with van der Waals surface area (Å²) >= 11 is 0. The monoisotopic (exact) mass is 333 g/mol. The maximum Gasteiger partial charge on any atom is 0.0627 e. The van der Waals surface area contributed by atoms with E-state index in [2.05, 4.69) is 18.7 Å². The largest absolute Gasteiger partial charge is 0.395 e. The highest BCUT2D eigenvalue weighted by atomic mass is 16.3. The van der Waals surface area contributed by atoms with Crippen LogP contribution in [-0.4, -0.2) is 47.5 Å². The minimum absolute atomic E-state index is 0.0574. The first kappa shape index (κ1) is 16.1. The molecule has 0 radical (unpaired) electrons. The van der Waals surface area contributed by atoms with Crippen LogP contribution >= 0.6 is 0 Å². The average Bonchev–Trinajstić information content (AvgIpc) is 3.03. The summed E-state index contributed by atoms with van der Waals surface area (Å²) in [6.07, 6.45) is 9.35. The zero-order valence-corrected chi connectivity index (χ0v) is 15.5. The Morgan fingerprint density at radius 1 is 1.08 bits per heavy atom. The minimum Gasteiger partial charge on any atom is -0.395 e. The molecule has 5 rings (SSSR count). The van der Waals surface area contributed by atoms with E-state index < -0.39 is 0 Å². The molecule has 1 heterocycles. The molecule has 4 aliphatic carbocycles. The van der Waals surface area contributed by atoms with E-state index in [-0.39, 0.29) is 18.1 Å². The van der Waals surface area contributed by atoms with E-state index in [1.165, 1.54) is 58.0 Å². The molecule has 3 nitrogen and oxygen atoms in total. The van der Waals surface area contributed by atoms with Crippen LogP contribution in [0, 0.1) is 39.9 Å². The van der Waals surface area contributed by atoms with Gasteiger partial charge in [-0.05, 0) is 73.0 Å². The lowest BCUT2D eigenvalue weighted by atomic mass is 9.40. The number of hydrogen-bond donors (Lipinski definition) is 2. The van der Waals surface area contributed by atoms with Crippen molar-refractivity contribution in [3.8, 4) is 0 Å². The predicted octanol–water partition coefficient (Wildman–Crippen LogP) is 2.90. The first-order valence-electron chi connectivity index (χ1n) is 10.5. The van der Waals surface area contributed by atoms with Gasteiger partial charge in [-0.25, -0.2) is 0 Å². The van der Waals surface area contributed by atoms with Crippen LogP contribution in [0.15, 0.2) is 0 Å². The van der Waals surface area contributed by atoms with Crippen molar-refractivity contribution in [2.24, 2.45) is 39.9 Å². The fourth-order valence-corrected chi connectivity index (χ4v) is 9.09. The third-order valence-electron chi connectivity index (χ3n) is 9.74. The summed E-state index contributed by atoms with van der Waals surface area (Å²) in [5, 5.41) is 20.7. The van der Waals surface area contributed by atoms with Crippen LogP contribution < -0.4 is 0 Å². The topological polar surface area (TPSA) is 43.7 Å². The van der Waals surface area contributed by atoms with Crippen molar-refractivity contribution < 1.29 is 10.2 Å². The third-order valence-corrected chi connectivity index (χ3v) is 9.74. The van der Waals surface area contributed by atoms with Crippen LogP contribution in [0.5, 0.6) is 0 Å². The molecule has 24 heavy (non-hydrogen) atoms. The summed E-state index contributed by atoms with van der Waals surface area (Å²) in [7, 11) is 0. The SMILES string of the molecule is C[C@@H]1[C@@H]2C[C@H]3[C@@](CC[C@H]4[C@@]5(C)CCC[C@@]34CN(CCO)C5)(C2)[C@@H]1O. The molecule has 0 aromatic heterocycles. The molecule has 3 heteroatoms. The number of aliphatic hydroxyl groups excluding tert-OH is 2. The smallest absolute Gasteiger partial charge is 0.0627 e. The van der Waals surface area contributed by atoms with E-state index in [0.717, 1.165) is 24.3 Å². The highest BCUT2D eigenvalue weighted by Crippen LogP contribution is 2.75. The number of likely N-dealkylation sites (tertiary alicyclic amines) is 1. The van der Waals surface area contributed by atoms with Gasteiger partial charge in [0.2, 0.25) is 0 Å². The Hall–Kier alpha value is -0.120. The molecule has 0 aromatic carbocycles. The predicted molar refractivity (Wildman–Crippen MR) is 94.5 cm³/mol. The summed E-state index contributed by atoms with van der Waals surface area (Å²) in [6, 6.07) is 0. The molecule has 1 saturated heterocycles. The van der Waals surface area contributed by atoms with Crippen LogP contribution in [0.3, 0.4) is 0 Å². The number of fused-ring (bicyclic) bond motifs is 1. The number of piperidine rings is 1. The Morgan fingerprint density at radius 2 is 1.92 bits per heavy atom. The van der Waals surface area contributed by atoms with Gasteiger partial charge in [-0.15, -0.1) is 0 Å². The van der Waals surface area contributed by atoms with Gasteiger partial charge in [0.15, 0.2) is 0 Å². The number of nitrogens with zero attached hydrogens (tertiary/aromatic N) is 1.